The Kier molecular flexibility index (Phi) is 4.14. The topological polar surface area (TPSA) is 34.4 Å². The van der Waals surface area contributed by atoms with Crippen LogP contribution in [-0.2, 0) is 11.3 Å². The van der Waals surface area contributed by atoms with Gasteiger partial charge in [-0.15, -0.1) is 0 Å². The van der Waals surface area contributed by atoms with E-state index in [-0.39, 0.29) is 5.82 Å². The normalized spacial score (nSPS) is 18.6. The zero-order chi connectivity index (χ0) is 13.8. The molecule has 4 heteroatoms. The molecule has 1 aliphatic rings. The lowest BCUT2D eigenvalue weighted by atomic mass is 10.1. The first-order chi connectivity index (χ1) is 9.81. The maximum absolute atomic E-state index is 12.9. The second-order valence-electron chi connectivity index (χ2n) is 5.13. The first-order valence-electron chi connectivity index (χ1n) is 6.94. The van der Waals surface area contributed by atoms with Crippen LogP contribution in [0.4, 0.5) is 4.39 Å². The van der Waals surface area contributed by atoms with Gasteiger partial charge >= 0.3 is 0 Å². The molecule has 1 fully saturated rings. The van der Waals surface area contributed by atoms with Crippen LogP contribution in [0, 0.1) is 11.7 Å². The molecule has 1 saturated heterocycles. The van der Waals surface area contributed by atoms with Crippen LogP contribution in [0.1, 0.15) is 12.2 Å². The summed E-state index contributed by atoms with van der Waals surface area (Å²) in [5.41, 5.74) is 0.891. The number of benzene rings is 1. The zero-order valence-corrected chi connectivity index (χ0v) is 11.3. The van der Waals surface area contributed by atoms with E-state index in [4.69, 9.17) is 9.15 Å². The molecule has 2 heterocycles. The van der Waals surface area contributed by atoms with E-state index in [1.807, 2.05) is 12.1 Å². The Labute approximate surface area is 117 Å². The average Bonchev–Trinajstić information content (AvgIpc) is 3.11. The van der Waals surface area contributed by atoms with Gasteiger partial charge in [0.15, 0.2) is 0 Å². The second kappa shape index (κ2) is 6.20. The largest absolute Gasteiger partial charge is 0.460 e. The Hall–Kier alpha value is -1.65. The van der Waals surface area contributed by atoms with Gasteiger partial charge in [-0.2, -0.15) is 0 Å². The molecule has 1 aromatic heterocycles. The monoisotopic (exact) mass is 275 g/mol. The highest BCUT2D eigenvalue weighted by Gasteiger charge is 2.15. The van der Waals surface area contributed by atoms with Crippen LogP contribution in [-0.4, -0.2) is 19.8 Å². The van der Waals surface area contributed by atoms with Crippen LogP contribution < -0.4 is 5.32 Å². The predicted molar refractivity (Wildman–Crippen MR) is 74.7 cm³/mol. The van der Waals surface area contributed by atoms with E-state index in [9.17, 15) is 4.39 Å². The minimum atomic E-state index is -0.235. The quantitative estimate of drug-likeness (QED) is 0.910. The zero-order valence-electron chi connectivity index (χ0n) is 11.3. The van der Waals surface area contributed by atoms with Crippen molar-refractivity contribution in [2.75, 3.05) is 19.8 Å². The molecule has 0 saturated carbocycles. The summed E-state index contributed by atoms with van der Waals surface area (Å²) in [4.78, 5) is 0. The molecule has 1 atom stereocenters. The molecule has 20 heavy (non-hydrogen) atoms. The summed E-state index contributed by atoms with van der Waals surface area (Å²) >= 11 is 0. The van der Waals surface area contributed by atoms with E-state index >= 15 is 0 Å². The number of nitrogens with one attached hydrogen (secondary N) is 1. The fraction of sp³-hybridized carbons (Fsp3) is 0.375. The van der Waals surface area contributed by atoms with Crippen molar-refractivity contribution in [2.45, 2.75) is 13.0 Å². The van der Waals surface area contributed by atoms with Crippen LogP contribution in [0.3, 0.4) is 0 Å². The van der Waals surface area contributed by atoms with E-state index in [1.165, 1.54) is 12.1 Å². The van der Waals surface area contributed by atoms with Crippen LogP contribution in [0.15, 0.2) is 40.8 Å². The van der Waals surface area contributed by atoms with Gasteiger partial charge in [0.1, 0.15) is 17.3 Å². The predicted octanol–water partition coefficient (Wildman–Crippen LogP) is 3.21. The van der Waals surface area contributed by atoms with Gasteiger partial charge in [-0.05, 0) is 48.7 Å². The highest BCUT2D eigenvalue weighted by Crippen LogP contribution is 2.22. The third-order valence-corrected chi connectivity index (χ3v) is 3.55. The molecule has 0 bridgehead atoms. The van der Waals surface area contributed by atoms with Gasteiger partial charge < -0.3 is 14.5 Å². The van der Waals surface area contributed by atoms with Gasteiger partial charge in [0, 0.05) is 18.7 Å². The lowest BCUT2D eigenvalue weighted by Crippen LogP contribution is -2.22. The molecular formula is C16H18FNO2. The highest BCUT2D eigenvalue weighted by molar-refractivity contribution is 5.57. The highest BCUT2D eigenvalue weighted by atomic mass is 19.1. The summed E-state index contributed by atoms with van der Waals surface area (Å²) in [6, 6.07) is 10.2. The molecule has 0 amide bonds. The van der Waals surface area contributed by atoms with Crippen molar-refractivity contribution in [2.24, 2.45) is 5.92 Å². The van der Waals surface area contributed by atoms with E-state index in [0.717, 1.165) is 43.3 Å². The molecule has 0 aliphatic carbocycles. The first kappa shape index (κ1) is 13.3. The number of halogens is 1. The molecule has 0 radical (unpaired) electrons. The molecule has 3 rings (SSSR count). The lowest BCUT2D eigenvalue weighted by molar-refractivity contribution is 0.185. The van der Waals surface area contributed by atoms with Crippen molar-refractivity contribution in [1.82, 2.24) is 5.32 Å². The van der Waals surface area contributed by atoms with E-state index in [0.29, 0.717) is 12.5 Å². The molecular weight excluding hydrogens is 257 g/mol. The Bertz CT molecular complexity index is 544. The van der Waals surface area contributed by atoms with Crippen LogP contribution >= 0.6 is 0 Å². The summed E-state index contributed by atoms with van der Waals surface area (Å²) in [6.45, 7) is 3.39. The third-order valence-electron chi connectivity index (χ3n) is 3.55. The number of hydrogen-bond acceptors (Lipinski definition) is 3. The van der Waals surface area contributed by atoms with Crippen molar-refractivity contribution in [1.29, 1.82) is 0 Å². The maximum atomic E-state index is 12.9. The van der Waals surface area contributed by atoms with Crippen molar-refractivity contribution < 1.29 is 13.5 Å². The molecule has 0 spiro atoms. The molecule has 1 N–H and O–H groups in total. The second-order valence-corrected chi connectivity index (χ2v) is 5.13. The Morgan fingerprint density at radius 3 is 2.75 bits per heavy atom. The van der Waals surface area contributed by atoms with Crippen LogP contribution in [0.2, 0.25) is 0 Å². The maximum Gasteiger partial charge on any atom is 0.134 e. The van der Waals surface area contributed by atoms with Gasteiger partial charge in [-0.25, -0.2) is 4.39 Å². The lowest BCUT2D eigenvalue weighted by Gasteiger charge is -2.07. The van der Waals surface area contributed by atoms with Crippen LogP contribution in [0.5, 0.6) is 0 Å². The summed E-state index contributed by atoms with van der Waals surface area (Å²) < 4.78 is 24.0. The fourth-order valence-corrected chi connectivity index (χ4v) is 2.39. The summed E-state index contributed by atoms with van der Waals surface area (Å²) in [5.74, 6) is 2.04. The van der Waals surface area contributed by atoms with Crippen molar-refractivity contribution >= 4 is 0 Å². The fourth-order valence-electron chi connectivity index (χ4n) is 2.39. The van der Waals surface area contributed by atoms with Gasteiger partial charge in [0.2, 0.25) is 0 Å². The summed E-state index contributed by atoms with van der Waals surface area (Å²) in [5, 5.41) is 3.38. The minimum Gasteiger partial charge on any atom is -0.460 e. The van der Waals surface area contributed by atoms with Gasteiger partial charge in [-0.3, -0.25) is 0 Å². The average molecular weight is 275 g/mol. The molecule has 1 aromatic carbocycles. The molecule has 2 aromatic rings. The Morgan fingerprint density at radius 1 is 1.15 bits per heavy atom. The van der Waals surface area contributed by atoms with Gasteiger partial charge in [0.25, 0.3) is 0 Å². The van der Waals surface area contributed by atoms with Crippen molar-refractivity contribution in [3.8, 4) is 11.3 Å². The van der Waals surface area contributed by atoms with E-state index in [2.05, 4.69) is 5.32 Å². The summed E-state index contributed by atoms with van der Waals surface area (Å²) in [7, 11) is 0. The molecule has 1 aliphatic heterocycles. The van der Waals surface area contributed by atoms with E-state index < -0.39 is 0 Å². The van der Waals surface area contributed by atoms with Gasteiger partial charge in [-0.1, -0.05) is 0 Å². The van der Waals surface area contributed by atoms with Crippen molar-refractivity contribution in [3.05, 3.63) is 48.0 Å². The number of ether oxygens (including phenoxy) is 1. The van der Waals surface area contributed by atoms with Crippen molar-refractivity contribution in [3.63, 3.8) is 0 Å². The van der Waals surface area contributed by atoms with Crippen LogP contribution in [0.25, 0.3) is 11.3 Å². The van der Waals surface area contributed by atoms with Gasteiger partial charge in [0.05, 0.1) is 13.2 Å². The SMILES string of the molecule is Fc1ccc(-c2ccc(CNCC3CCOC3)o2)cc1. The Balaban J connectivity index is 1.55. The number of rotatable bonds is 5. The first-order valence-corrected chi connectivity index (χ1v) is 6.94. The number of hydrogen-bond donors (Lipinski definition) is 1. The van der Waals surface area contributed by atoms with E-state index in [1.54, 1.807) is 12.1 Å². The minimum absolute atomic E-state index is 0.235. The molecule has 3 nitrogen and oxygen atoms in total. The Morgan fingerprint density at radius 2 is 2.00 bits per heavy atom. The third kappa shape index (κ3) is 3.26. The summed E-state index contributed by atoms with van der Waals surface area (Å²) in [6.07, 6.45) is 1.13. The smallest absolute Gasteiger partial charge is 0.134 e. The number of furan rings is 1. The molecule has 106 valence electrons. The molecule has 1 unspecified atom stereocenters. The standard InChI is InChI=1S/C16H18FNO2/c17-14-3-1-13(2-4-14)16-6-5-15(20-16)10-18-9-12-7-8-19-11-12/h1-6,12,18H,7-11H2.